The molecule has 0 fully saturated rings. The van der Waals surface area contributed by atoms with Gasteiger partial charge < -0.3 is 14.8 Å². The Morgan fingerprint density at radius 1 is 0.941 bits per heavy atom. The number of hydrogen-bond acceptors (Lipinski definition) is 5. The number of hydrogen-bond donors (Lipinski definition) is 1. The van der Waals surface area contributed by atoms with E-state index in [0.29, 0.717) is 30.3 Å². The summed E-state index contributed by atoms with van der Waals surface area (Å²) in [5.74, 6) is 0.818. The quantitative estimate of drug-likeness (QED) is 0.251. The summed E-state index contributed by atoms with van der Waals surface area (Å²) in [6.07, 6.45) is 1.86. The molecule has 0 saturated heterocycles. The molecule has 6 nitrogen and oxygen atoms in total. The summed E-state index contributed by atoms with van der Waals surface area (Å²) >= 11 is 1.58. The van der Waals surface area contributed by atoms with Gasteiger partial charge in [-0.05, 0) is 67.9 Å². The van der Waals surface area contributed by atoms with Gasteiger partial charge in [0.15, 0.2) is 0 Å². The molecule has 3 aromatic carbocycles. The standard InChI is InChI=1S/C27H30N2O4S/c1-4-6-18-29(27(31)28-25-12-7-8-13-26(25)32-5-2)21-10-9-11-24(19-21)34-23-16-14-22(15-17-23)33-20(3)30/h7-17,19H,4-6,18H2,1-3H3,(H,28,31). The van der Waals surface area contributed by atoms with E-state index in [2.05, 4.69) is 12.2 Å². The Bertz CT molecular complexity index is 1100. The zero-order valence-electron chi connectivity index (χ0n) is 19.7. The summed E-state index contributed by atoms with van der Waals surface area (Å²) in [6.45, 7) is 6.52. The highest BCUT2D eigenvalue weighted by Crippen LogP contribution is 2.32. The lowest BCUT2D eigenvalue weighted by molar-refractivity contribution is -0.131. The Hall–Kier alpha value is -3.45. The first-order valence-corrected chi connectivity index (χ1v) is 12.2. The van der Waals surface area contributed by atoms with E-state index in [4.69, 9.17) is 9.47 Å². The number of nitrogens with one attached hydrogen (secondary N) is 1. The van der Waals surface area contributed by atoms with Crippen LogP contribution >= 0.6 is 11.8 Å². The number of esters is 1. The highest BCUT2D eigenvalue weighted by Gasteiger charge is 2.18. The van der Waals surface area contributed by atoms with Crippen LogP contribution in [-0.4, -0.2) is 25.2 Å². The number of amides is 2. The first-order valence-electron chi connectivity index (χ1n) is 11.4. The van der Waals surface area contributed by atoms with Gasteiger partial charge in [-0.15, -0.1) is 0 Å². The number of para-hydroxylation sites is 2. The van der Waals surface area contributed by atoms with Crippen molar-refractivity contribution in [2.45, 2.75) is 43.4 Å². The van der Waals surface area contributed by atoms with Crippen LogP contribution in [0.5, 0.6) is 11.5 Å². The molecule has 0 spiro atoms. The molecule has 7 heteroatoms. The van der Waals surface area contributed by atoms with Crippen molar-refractivity contribution in [3.05, 3.63) is 72.8 Å². The molecule has 0 aromatic heterocycles. The summed E-state index contributed by atoms with van der Waals surface area (Å²) in [5.41, 5.74) is 1.47. The Balaban J connectivity index is 1.78. The van der Waals surface area contributed by atoms with Gasteiger partial charge in [0.1, 0.15) is 11.5 Å². The molecule has 3 aromatic rings. The SMILES string of the molecule is CCCCN(C(=O)Nc1ccccc1OCC)c1cccc(Sc2ccc(OC(C)=O)cc2)c1. The molecule has 34 heavy (non-hydrogen) atoms. The molecule has 0 unspecified atom stereocenters. The minimum absolute atomic E-state index is 0.200. The number of unbranched alkanes of at least 4 members (excludes halogenated alkanes) is 1. The molecule has 0 aliphatic rings. The van der Waals surface area contributed by atoms with Crippen molar-refractivity contribution >= 4 is 35.1 Å². The van der Waals surface area contributed by atoms with Crippen molar-refractivity contribution in [1.29, 1.82) is 0 Å². The molecule has 3 rings (SSSR count). The zero-order valence-corrected chi connectivity index (χ0v) is 20.6. The van der Waals surface area contributed by atoms with Crippen LogP contribution in [-0.2, 0) is 4.79 Å². The summed E-state index contributed by atoms with van der Waals surface area (Å²) < 4.78 is 10.8. The fourth-order valence-electron chi connectivity index (χ4n) is 3.29. The zero-order chi connectivity index (χ0) is 24.3. The van der Waals surface area contributed by atoms with Gasteiger partial charge >= 0.3 is 12.0 Å². The van der Waals surface area contributed by atoms with Gasteiger partial charge in [-0.3, -0.25) is 9.69 Å². The van der Waals surface area contributed by atoms with E-state index in [1.165, 1.54) is 6.92 Å². The predicted molar refractivity (Wildman–Crippen MR) is 137 cm³/mol. The van der Waals surface area contributed by atoms with Gasteiger partial charge in [-0.2, -0.15) is 0 Å². The van der Waals surface area contributed by atoms with E-state index >= 15 is 0 Å². The second kappa shape index (κ2) is 12.7. The van der Waals surface area contributed by atoms with Crippen molar-refractivity contribution in [2.24, 2.45) is 0 Å². The van der Waals surface area contributed by atoms with E-state index in [0.717, 1.165) is 28.3 Å². The van der Waals surface area contributed by atoms with Crippen molar-refractivity contribution < 1.29 is 19.1 Å². The van der Waals surface area contributed by atoms with Crippen LogP contribution in [0.4, 0.5) is 16.2 Å². The molecule has 0 bridgehead atoms. The van der Waals surface area contributed by atoms with Crippen molar-refractivity contribution in [3.8, 4) is 11.5 Å². The fourth-order valence-corrected chi connectivity index (χ4v) is 4.16. The highest BCUT2D eigenvalue weighted by atomic mass is 32.2. The Morgan fingerprint density at radius 3 is 2.41 bits per heavy atom. The second-order valence-electron chi connectivity index (χ2n) is 7.53. The smallest absolute Gasteiger partial charge is 0.326 e. The molecule has 0 radical (unpaired) electrons. The van der Waals surface area contributed by atoms with E-state index < -0.39 is 0 Å². The van der Waals surface area contributed by atoms with Crippen LogP contribution in [0.1, 0.15) is 33.6 Å². The number of anilines is 2. The Kier molecular flexibility index (Phi) is 9.40. The van der Waals surface area contributed by atoms with E-state index in [9.17, 15) is 9.59 Å². The van der Waals surface area contributed by atoms with Gasteiger partial charge in [-0.1, -0.05) is 43.3 Å². The van der Waals surface area contributed by atoms with Crippen LogP contribution < -0.4 is 19.7 Å². The van der Waals surface area contributed by atoms with E-state index in [1.54, 1.807) is 28.8 Å². The van der Waals surface area contributed by atoms with Crippen molar-refractivity contribution in [1.82, 2.24) is 0 Å². The first-order chi connectivity index (χ1) is 16.5. The number of rotatable bonds is 10. The summed E-state index contributed by atoms with van der Waals surface area (Å²) in [7, 11) is 0. The molecule has 0 atom stereocenters. The molecular formula is C27H30N2O4S. The molecule has 0 saturated carbocycles. The summed E-state index contributed by atoms with van der Waals surface area (Å²) in [4.78, 5) is 28.2. The number of carbonyl (C=O) groups excluding carboxylic acids is 2. The number of ether oxygens (including phenoxy) is 2. The van der Waals surface area contributed by atoms with Crippen LogP contribution in [0.2, 0.25) is 0 Å². The fraction of sp³-hybridized carbons (Fsp3) is 0.259. The minimum Gasteiger partial charge on any atom is -0.492 e. The number of urea groups is 1. The summed E-state index contributed by atoms with van der Waals surface area (Å²) in [5, 5.41) is 3.01. The number of benzene rings is 3. The van der Waals surface area contributed by atoms with Crippen LogP contribution in [0, 0.1) is 0 Å². The normalized spacial score (nSPS) is 10.4. The average Bonchev–Trinajstić information content (AvgIpc) is 2.82. The van der Waals surface area contributed by atoms with Gasteiger partial charge in [0.05, 0.1) is 12.3 Å². The van der Waals surface area contributed by atoms with E-state index in [1.807, 2.05) is 67.6 Å². The molecule has 0 aliphatic carbocycles. The molecule has 1 N–H and O–H groups in total. The minimum atomic E-state index is -0.345. The van der Waals surface area contributed by atoms with Crippen LogP contribution in [0.15, 0.2) is 82.6 Å². The van der Waals surface area contributed by atoms with Gasteiger partial charge in [0.2, 0.25) is 0 Å². The predicted octanol–water partition coefficient (Wildman–Crippen LogP) is 7.00. The third kappa shape index (κ3) is 7.28. The van der Waals surface area contributed by atoms with Crippen LogP contribution in [0.3, 0.4) is 0 Å². The molecular weight excluding hydrogens is 448 g/mol. The third-order valence-corrected chi connectivity index (χ3v) is 5.86. The average molecular weight is 479 g/mol. The monoisotopic (exact) mass is 478 g/mol. The molecule has 2 amide bonds. The maximum Gasteiger partial charge on any atom is 0.326 e. The summed E-state index contributed by atoms with van der Waals surface area (Å²) in [6, 6.07) is 22.5. The number of carbonyl (C=O) groups is 2. The topological polar surface area (TPSA) is 67.9 Å². The van der Waals surface area contributed by atoms with Crippen LogP contribution in [0.25, 0.3) is 0 Å². The molecule has 178 valence electrons. The largest absolute Gasteiger partial charge is 0.492 e. The number of nitrogens with zero attached hydrogens (tertiary/aromatic N) is 1. The molecule has 0 aliphatic heterocycles. The lowest BCUT2D eigenvalue weighted by Gasteiger charge is -2.24. The van der Waals surface area contributed by atoms with E-state index in [-0.39, 0.29) is 12.0 Å². The van der Waals surface area contributed by atoms with Crippen molar-refractivity contribution in [2.75, 3.05) is 23.4 Å². The Morgan fingerprint density at radius 2 is 1.71 bits per heavy atom. The third-order valence-electron chi connectivity index (χ3n) is 4.86. The first kappa shape index (κ1) is 25.2. The molecule has 0 heterocycles. The second-order valence-corrected chi connectivity index (χ2v) is 8.68. The highest BCUT2D eigenvalue weighted by molar-refractivity contribution is 7.99. The van der Waals surface area contributed by atoms with Crippen molar-refractivity contribution in [3.63, 3.8) is 0 Å². The lowest BCUT2D eigenvalue weighted by atomic mass is 10.2. The maximum absolute atomic E-state index is 13.3. The lowest BCUT2D eigenvalue weighted by Crippen LogP contribution is -2.36. The van der Waals surface area contributed by atoms with Gasteiger partial charge in [0.25, 0.3) is 0 Å². The van der Waals surface area contributed by atoms with Gasteiger partial charge in [0, 0.05) is 28.9 Å². The Labute approximate surface area is 205 Å². The van der Waals surface area contributed by atoms with Gasteiger partial charge in [-0.25, -0.2) is 4.79 Å². The maximum atomic E-state index is 13.3.